The summed E-state index contributed by atoms with van der Waals surface area (Å²) >= 11 is 3.23. The van der Waals surface area contributed by atoms with E-state index in [2.05, 4.69) is 4.99 Å². The lowest BCUT2D eigenvalue weighted by atomic mass is 9.96. The summed E-state index contributed by atoms with van der Waals surface area (Å²) in [5, 5.41) is 8.99. The molecule has 1 N–H and O–H groups in total. The van der Waals surface area contributed by atoms with Gasteiger partial charge in [0, 0.05) is 0 Å². The van der Waals surface area contributed by atoms with Gasteiger partial charge in [0.2, 0.25) is 0 Å². The molecule has 0 fully saturated rings. The summed E-state index contributed by atoms with van der Waals surface area (Å²) in [5.41, 5.74) is 1.80. The van der Waals surface area contributed by atoms with Gasteiger partial charge < -0.3 is 24.1 Å². The fourth-order valence-electron chi connectivity index (χ4n) is 4.36. The summed E-state index contributed by atoms with van der Waals surface area (Å²) in [5.74, 6) is -0.337. The molecule has 2 heterocycles. The summed E-state index contributed by atoms with van der Waals surface area (Å²) in [7, 11) is 1.45. The number of hydrogen-bond donors (Lipinski definition) is 1. The van der Waals surface area contributed by atoms with Gasteiger partial charge in [-0.1, -0.05) is 23.5 Å². The number of nitrogens with zero attached hydrogens (tertiary/aromatic N) is 2. The third-order valence-corrected chi connectivity index (χ3v) is 7.76. The van der Waals surface area contributed by atoms with Crippen LogP contribution in [0.2, 0.25) is 0 Å². The first kappa shape index (κ1) is 30.3. The van der Waals surface area contributed by atoms with Crippen molar-refractivity contribution in [2.75, 3.05) is 20.3 Å². The predicted octanol–water partition coefficient (Wildman–Crippen LogP) is 3.66. The molecule has 12 heteroatoms. The second-order valence-corrected chi connectivity index (χ2v) is 11.4. The van der Waals surface area contributed by atoms with Gasteiger partial charge in [-0.3, -0.25) is 9.36 Å². The summed E-state index contributed by atoms with van der Waals surface area (Å²) in [6.45, 7) is 6.99. The Hall–Kier alpha value is -3.65. The highest BCUT2D eigenvalue weighted by atomic mass is 127. The van der Waals surface area contributed by atoms with Crippen molar-refractivity contribution in [3.8, 4) is 17.2 Å². The van der Waals surface area contributed by atoms with Crippen LogP contribution >= 0.6 is 33.9 Å². The molecule has 41 heavy (non-hydrogen) atoms. The topological polar surface area (TPSA) is 126 Å². The number of ether oxygens (including phenoxy) is 4. The molecule has 1 aromatic heterocycles. The summed E-state index contributed by atoms with van der Waals surface area (Å²) in [6, 6.07) is 9.97. The van der Waals surface area contributed by atoms with Crippen molar-refractivity contribution in [2.24, 2.45) is 4.99 Å². The highest BCUT2D eigenvalue weighted by molar-refractivity contribution is 14.1. The van der Waals surface area contributed by atoms with E-state index in [9.17, 15) is 14.4 Å². The molecule has 1 atom stereocenters. The molecule has 1 aliphatic heterocycles. The zero-order valence-electron chi connectivity index (χ0n) is 23.1. The van der Waals surface area contributed by atoms with E-state index in [-0.39, 0.29) is 18.3 Å². The molecular formula is C29H29IN2O8S. The maximum absolute atomic E-state index is 13.9. The molecule has 0 amide bonds. The van der Waals surface area contributed by atoms with Crippen LogP contribution in [0.25, 0.3) is 6.08 Å². The molecule has 0 bridgehead atoms. The van der Waals surface area contributed by atoms with E-state index in [4.69, 9.17) is 24.1 Å². The molecule has 1 aliphatic rings. The van der Waals surface area contributed by atoms with Gasteiger partial charge in [0.15, 0.2) is 22.9 Å². The Labute approximate surface area is 253 Å². The molecule has 0 aliphatic carbocycles. The molecule has 0 spiro atoms. The Kier molecular flexibility index (Phi) is 9.53. The maximum atomic E-state index is 13.9. The molecule has 0 saturated carbocycles. The molecule has 3 aromatic rings. The van der Waals surface area contributed by atoms with Crippen molar-refractivity contribution >= 4 is 51.9 Å². The number of fused-ring (bicyclic) bond motifs is 1. The van der Waals surface area contributed by atoms with Crippen LogP contribution in [0.15, 0.2) is 57.5 Å². The van der Waals surface area contributed by atoms with Crippen molar-refractivity contribution in [1.29, 1.82) is 0 Å². The van der Waals surface area contributed by atoms with Gasteiger partial charge in [0.25, 0.3) is 5.56 Å². The van der Waals surface area contributed by atoms with Crippen molar-refractivity contribution in [1.82, 2.24) is 4.57 Å². The Balaban J connectivity index is 1.86. The van der Waals surface area contributed by atoms with Crippen LogP contribution < -0.4 is 29.1 Å². The normalized spacial score (nSPS) is 14.9. The first-order chi connectivity index (χ1) is 19.5. The lowest BCUT2D eigenvalue weighted by Crippen LogP contribution is -2.39. The van der Waals surface area contributed by atoms with Crippen LogP contribution in [0, 0.1) is 3.57 Å². The van der Waals surface area contributed by atoms with E-state index in [0.29, 0.717) is 52.5 Å². The van der Waals surface area contributed by atoms with Gasteiger partial charge in [-0.25, -0.2) is 14.6 Å². The Bertz CT molecular complexity index is 1690. The fourth-order valence-corrected chi connectivity index (χ4v) is 6.18. The number of carboxylic acids is 1. The summed E-state index contributed by atoms with van der Waals surface area (Å²) in [4.78, 5) is 43.0. The van der Waals surface area contributed by atoms with Gasteiger partial charge in [0.05, 0.1) is 45.2 Å². The zero-order valence-corrected chi connectivity index (χ0v) is 26.1. The smallest absolute Gasteiger partial charge is 0.341 e. The predicted molar refractivity (Wildman–Crippen MR) is 161 cm³/mol. The fraction of sp³-hybridized carbons (Fsp3) is 0.310. The van der Waals surface area contributed by atoms with Crippen molar-refractivity contribution < 1.29 is 33.6 Å². The van der Waals surface area contributed by atoms with E-state index in [1.807, 2.05) is 60.7 Å². The Morgan fingerprint density at radius 2 is 1.93 bits per heavy atom. The minimum absolute atomic E-state index is 0.00441. The number of carboxylic acid groups (broad SMARTS) is 1. The number of rotatable bonds is 10. The maximum Gasteiger partial charge on any atom is 0.341 e. The number of thiazole rings is 1. The number of aliphatic carboxylic acids is 1. The van der Waals surface area contributed by atoms with E-state index >= 15 is 0 Å². The van der Waals surface area contributed by atoms with E-state index in [0.717, 1.165) is 0 Å². The number of benzene rings is 2. The lowest BCUT2D eigenvalue weighted by molar-refractivity contribution is -0.140. The summed E-state index contributed by atoms with van der Waals surface area (Å²) < 4.78 is 24.5. The van der Waals surface area contributed by atoms with Crippen LogP contribution in [-0.2, 0) is 14.3 Å². The molecule has 216 valence electrons. The van der Waals surface area contributed by atoms with Crippen molar-refractivity contribution in [3.05, 3.63) is 82.1 Å². The average molecular weight is 693 g/mol. The van der Waals surface area contributed by atoms with E-state index in [1.54, 1.807) is 32.1 Å². The molecular weight excluding hydrogens is 663 g/mol. The first-order valence-corrected chi connectivity index (χ1v) is 14.6. The van der Waals surface area contributed by atoms with Gasteiger partial charge in [-0.05, 0) is 91.8 Å². The van der Waals surface area contributed by atoms with Gasteiger partial charge in [-0.15, -0.1) is 0 Å². The van der Waals surface area contributed by atoms with E-state index in [1.165, 1.54) is 23.0 Å². The largest absolute Gasteiger partial charge is 0.493 e. The second kappa shape index (κ2) is 12.9. The van der Waals surface area contributed by atoms with Gasteiger partial charge in [0.1, 0.15) is 5.75 Å². The van der Waals surface area contributed by atoms with Gasteiger partial charge in [-0.2, -0.15) is 0 Å². The third-order valence-electron chi connectivity index (χ3n) is 5.97. The zero-order chi connectivity index (χ0) is 29.8. The Morgan fingerprint density at radius 3 is 2.54 bits per heavy atom. The number of carbonyl (C=O) groups excluding carboxylic acids is 1. The molecule has 2 aromatic carbocycles. The van der Waals surface area contributed by atoms with Crippen LogP contribution in [0.3, 0.4) is 0 Å². The lowest BCUT2D eigenvalue weighted by Gasteiger charge is -2.25. The molecule has 0 unspecified atom stereocenters. The van der Waals surface area contributed by atoms with Crippen molar-refractivity contribution in [2.45, 2.75) is 39.8 Å². The van der Waals surface area contributed by atoms with Crippen LogP contribution in [0.1, 0.15) is 44.9 Å². The van der Waals surface area contributed by atoms with E-state index < -0.39 is 24.6 Å². The van der Waals surface area contributed by atoms with Gasteiger partial charge >= 0.3 is 11.9 Å². The number of esters is 1. The highest BCUT2D eigenvalue weighted by Crippen LogP contribution is 2.35. The number of methoxy groups -OCH3 is 1. The first-order valence-electron chi connectivity index (χ1n) is 12.7. The minimum atomic E-state index is -1.11. The van der Waals surface area contributed by atoms with Crippen LogP contribution in [0.4, 0.5) is 0 Å². The SMILES string of the molecule is CCOC(=O)C1=C(C)N=c2s/c(=C\c3cc(I)c(OCC(=O)O)c(OC)c3)c(=O)n2[C@@H]1c1ccc(OC(C)C)cc1. The van der Waals surface area contributed by atoms with Crippen LogP contribution in [-0.4, -0.2) is 48.0 Å². The number of hydrogen-bond acceptors (Lipinski definition) is 9. The molecule has 0 saturated heterocycles. The average Bonchev–Trinajstić information content (AvgIpc) is 3.21. The van der Waals surface area contributed by atoms with Crippen LogP contribution in [0.5, 0.6) is 17.2 Å². The second-order valence-electron chi connectivity index (χ2n) is 9.25. The third kappa shape index (κ3) is 6.64. The number of allylic oxidation sites excluding steroid dienone is 1. The quantitative estimate of drug-likeness (QED) is 0.252. The number of carbonyl (C=O) groups is 2. The minimum Gasteiger partial charge on any atom is -0.493 e. The summed E-state index contributed by atoms with van der Waals surface area (Å²) in [6.07, 6.45) is 1.70. The number of halogens is 1. The number of aromatic nitrogens is 1. The molecule has 4 rings (SSSR count). The highest BCUT2D eigenvalue weighted by Gasteiger charge is 2.33. The monoisotopic (exact) mass is 692 g/mol. The molecule has 0 radical (unpaired) electrons. The molecule has 10 nitrogen and oxygen atoms in total. The van der Waals surface area contributed by atoms with Crippen molar-refractivity contribution in [3.63, 3.8) is 0 Å². The standard InChI is InChI=1S/C29H29IN2O8S/c1-6-38-28(36)24-16(4)31-29-32(25(24)18-7-9-19(10-8-18)40-15(2)3)27(35)22(41-29)13-17-11-20(30)26(21(12-17)37-5)39-14-23(33)34/h7-13,15,25H,6,14H2,1-5H3,(H,33,34)/b22-13-/t25-/m1/s1. The Morgan fingerprint density at radius 1 is 1.22 bits per heavy atom.